The summed E-state index contributed by atoms with van der Waals surface area (Å²) in [6.07, 6.45) is -1.05. The van der Waals surface area contributed by atoms with E-state index in [4.69, 9.17) is 0 Å². The van der Waals surface area contributed by atoms with E-state index < -0.39 is 26.6 Å². The van der Waals surface area contributed by atoms with Gasteiger partial charge in [-0.25, -0.2) is 23.1 Å². The molecule has 0 spiro atoms. The topological polar surface area (TPSA) is 84.0 Å². The molecule has 11 heteroatoms. The number of thiazole rings is 1. The molecule has 2 N–H and O–H groups in total. The third-order valence-electron chi connectivity index (χ3n) is 5.09. The maximum Gasteiger partial charge on any atom is 0.433 e. The summed E-state index contributed by atoms with van der Waals surface area (Å²) in [6.45, 7) is 5.43. The molecule has 1 aliphatic carbocycles. The van der Waals surface area contributed by atoms with Gasteiger partial charge in [-0.1, -0.05) is 11.3 Å². The summed E-state index contributed by atoms with van der Waals surface area (Å²) in [7, 11) is -3.35. The Kier molecular flexibility index (Phi) is 6.13. The lowest BCUT2D eigenvalue weighted by Crippen LogP contribution is -2.42. The van der Waals surface area contributed by atoms with E-state index >= 15 is 0 Å². The zero-order chi connectivity index (χ0) is 21.4. The van der Waals surface area contributed by atoms with Gasteiger partial charge < -0.3 is 5.32 Å². The first-order valence-electron chi connectivity index (χ1n) is 9.46. The van der Waals surface area contributed by atoms with E-state index in [9.17, 15) is 21.6 Å². The average Bonchev–Trinajstić information content (AvgIpc) is 3.01. The van der Waals surface area contributed by atoms with Gasteiger partial charge in [-0.05, 0) is 64.5 Å². The van der Waals surface area contributed by atoms with Crippen LogP contribution in [0.1, 0.15) is 52.1 Å². The molecular formula is C18H25F3N4O2S2. The van der Waals surface area contributed by atoms with Crippen LogP contribution in [0.4, 0.5) is 18.3 Å². The Labute approximate surface area is 172 Å². The molecule has 0 aromatic carbocycles. The van der Waals surface area contributed by atoms with Gasteiger partial charge in [0.1, 0.15) is 16.0 Å². The summed E-state index contributed by atoms with van der Waals surface area (Å²) in [5.41, 5.74) is -0.478. The second-order valence-electron chi connectivity index (χ2n) is 8.36. The quantitative estimate of drug-likeness (QED) is 0.706. The van der Waals surface area contributed by atoms with Crippen molar-refractivity contribution in [2.45, 2.75) is 63.4 Å². The molecule has 162 valence electrons. The number of hydrogen-bond donors (Lipinski definition) is 2. The van der Waals surface area contributed by atoms with Crippen LogP contribution < -0.4 is 10.0 Å². The first-order valence-corrected chi connectivity index (χ1v) is 11.8. The minimum atomic E-state index is -4.47. The third-order valence-corrected chi connectivity index (χ3v) is 8.14. The van der Waals surface area contributed by atoms with E-state index in [2.05, 4.69) is 20.0 Å². The van der Waals surface area contributed by atoms with E-state index in [1.807, 2.05) is 0 Å². The van der Waals surface area contributed by atoms with Crippen molar-refractivity contribution in [3.8, 4) is 0 Å². The fourth-order valence-electron chi connectivity index (χ4n) is 3.17. The molecule has 1 saturated carbocycles. The van der Waals surface area contributed by atoms with Gasteiger partial charge in [0.05, 0.1) is 4.75 Å². The van der Waals surface area contributed by atoms with Crippen molar-refractivity contribution in [3.63, 3.8) is 0 Å². The first-order chi connectivity index (χ1) is 13.3. The number of pyridine rings is 1. The highest BCUT2D eigenvalue weighted by Crippen LogP contribution is 2.33. The normalized spacial score (nSPS) is 21.4. The molecule has 0 aliphatic heterocycles. The van der Waals surface area contributed by atoms with E-state index in [1.54, 1.807) is 20.8 Å². The van der Waals surface area contributed by atoms with Gasteiger partial charge in [-0.15, -0.1) is 0 Å². The molecule has 1 fully saturated rings. The lowest BCUT2D eigenvalue weighted by atomic mass is 9.86. The second-order valence-corrected chi connectivity index (χ2v) is 11.9. The van der Waals surface area contributed by atoms with Gasteiger partial charge in [0, 0.05) is 12.6 Å². The molecule has 1 aliphatic rings. The lowest BCUT2D eigenvalue weighted by Gasteiger charge is -2.30. The summed E-state index contributed by atoms with van der Waals surface area (Å²) >= 11 is 1.11. The molecule has 6 nitrogen and oxygen atoms in total. The number of sulfonamides is 1. The van der Waals surface area contributed by atoms with E-state index in [0.717, 1.165) is 43.1 Å². The molecule has 0 saturated heterocycles. The highest BCUT2D eigenvalue weighted by atomic mass is 32.2. The SMILES string of the molecule is CC(C)(C)S(=O)(=O)NC[C@H]1CC[C@H](Nc2nc3ccc(C(F)(F)F)nc3s2)CC1. The van der Waals surface area contributed by atoms with Gasteiger partial charge in [-0.3, -0.25) is 0 Å². The molecule has 2 aromatic heterocycles. The zero-order valence-electron chi connectivity index (χ0n) is 16.5. The van der Waals surface area contributed by atoms with Crippen molar-refractivity contribution in [2.75, 3.05) is 11.9 Å². The lowest BCUT2D eigenvalue weighted by molar-refractivity contribution is -0.140. The Morgan fingerprint density at radius 3 is 2.34 bits per heavy atom. The van der Waals surface area contributed by atoms with Crippen LogP contribution in [0.3, 0.4) is 0 Å². The summed E-state index contributed by atoms with van der Waals surface area (Å²) in [6, 6.07) is 2.44. The van der Waals surface area contributed by atoms with Crippen molar-refractivity contribution in [1.29, 1.82) is 0 Å². The van der Waals surface area contributed by atoms with E-state index in [1.165, 1.54) is 6.07 Å². The highest BCUT2D eigenvalue weighted by molar-refractivity contribution is 7.90. The third kappa shape index (κ3) is 5.37. The minimum absolute atomic E-state index is 0.160. The number of nitrogens with one attached hydrogen (secondary N) is 2. The zero-order valence-corrected chi connectivity index (χ0v) is 18.1. The Morgan fingerprint density at radius 2 is 1.76 bits per heavy atom. The van der Waals surface area contributed by atoms with Gasteiger partial charge in [-0.2, -0.15) is 13.2 Å². The van der Waals surface area contributed by atoms with Crippen LogP contribution in [0.5, 0.6) is 0 Å². The van der Waals surface area contributed by atoms with Gasteiger partial charge in [0.25, 0.3) is 0 Å². The largest absolute Gasteiger partial charge is 0.433 e. The smallest absolute Gasteiger partial charge is 0.359 e. The molecule has 29 heavy (non-hydrogen) atoms. The predicted octanol–water partition coefficient (Wildman–Crippen LogP) is 4.40. The Balaban J connectivity index is 1.54. The maximum absolute atomic E-state index is 12.8. The Morgan fingerprint density at radius 1 is 1.10 bits per heavy atom. The number of nitrogens with zero attached hydrogens (tertiary/aromatic N) is 2. The number of hydrogen-bond acceptors (Lipinski definition) is 6. The Hall–Kier alpha value is -1.46. The van der Waals surface area contributed by atoms with Crippen LogP contribution in [-0.4, -0.2) is 35.7 Å². The molecular weight excluding hydrogens is 425 g/mol. The summed E-state index contributed by atoms with van der Waals surface area (Å²) in [5.74, 6) is 0.275. The number of halogens is 3. The van der Waals surface area contributed by atoms with Crippen LogP contribution in [-0.2, 0) is 16.2 Å². The number of anilines is 1. The molecule has 0 amide bonds. The summed E-state index contributed by atoms with van der Waals surface area (Å²) < 4.78 is 64.6. The molecule has 2 aromatic rings. The summed E-state index contributed by atoms with van der Waals surface area (Å²) in [5, 5.41) is 3.85. The second kappa shape index (κ2) is 7.99. The molecule has 3 rings (SSSR count). The number of fused-ring (bicyclic) bond motifs is 1. The highest BCUT2D eigenvalue weighted by Gasteiger charge is 2.33. The fraction of sp³-hybridized carbons (Fsp3) is 0.667. The van der Waals surface area contributed by atoms with Crippen molar-refractivity contribution in [3.05, 3.63) is 17.8 Å². The Bertz CT molecular complexity index is 960. The van der Waals surface area contributed by atoms with Crippen LogP contribution in [0.15, 0.2) is 12.1 Å². The number of rotatable bonds is 5. The van der Waals surface area contributed by atoms with Crippen LogP contribution >= 0.6 is 11.3 Å². The standard InChI is InChI=1S/C18H25F3N4O2S2/c1-17(2,3)29(26,27)22-10-11-4-6-12(7-5-11)23-16-24-13-8-9-14(18(19,20)21)25-15(13)28-16/h8-9,11-12,22H,4-7,10H2,1-3H3,(H,23,24)/t11-,12-. The molecule has 0 atom stereocenters. The van der Waals surface area contributed by atoms with Gasteiger partial charge >= 0.3 is 6.18 Å². The van der Waals surface area contributed by atoms with Crippen LogP contribution in [0, 0.1) is 5.92 Å². The van der Waals surface area contributed by atoms with Crippen molar-refractivity contribution in [1.82, 2.24) is 14.7 Å². The molecule has 0 radical (unpaired) electrons. The van der Waals surface area contributed by atoms with E-state index in [0.29, 0.717) is 17.2 Å². The average molecular weight is 451 g/mol. The predicted molar refractivity (Wildman–Crippen MR) is 108 cm³/mol. The maximum atomic E-state index is 12.8. The van der Waals surface area contributed by atoms with Crippen molar-refractivity contribution < 1.29 is 21.6 Å². The number of alkyl halides is 3. The molecule has 0 bridgehead atoms. The van der Waals surface area contributed by atoms with Crippen molar-refractivity contribution >= 4 is 36.8 Å². The number of aromatic nitrogens is 2. The van der Waals surface area contributed by atoms with Crippen LogP contribution in [0.25, 0.3) is 10.3 Å². The molecule has 2 heterocycles. The fourth-order valence-corrected chi connectivity index (χ4v) is 4.97. The monoisotopic (exact) mass is 450 g/mol. The molecule has 0 unspecified atom stereocenters. The summed E-state index contributed by atoms with van der Waals surface area (Å²) in [4.78, 5) is 8.25. The van der Waals surface area contributed by atoms with Crippen molar-refractivity contribution in [2.24, 2.45) is 5.92 Å². The first kappa shape index (κ1) is 22.2. The van der Waals surface area contributed by atoms with Crippen LogP contribution in [0.2, 0.25) is 0 Å². The van der Waals surface area contributed by atoms with Gasteiger partial charge in [0.15, 0.2) is 5.13 Å². The van der Waals surface area contributed by atoms with Gasteiger partial charge in [0.2, 0.25) is 10.0 Å². The minimum Gasteiger partial charge on any atom is -0.359 e. The van der Waals surface area contributed by atoms with E-state index in [-0.39, 0.29) is 16.8 Å².